The largest absolute Gasteiger partial charge is 0.383 e. The number of halogens is 1. The highest BCUT2D eigenvalue weighted by molar-refractivity contribution is 5.82. The number of rotatable bonds is 11. The van der Waals surface area contributed by atoms with Crippen molar-refractivity contribution in [3.8, 4) is 0 Å². The molecule has 1 aromatic heterocycles. The van der Waals surface area contributed by atoms with E-state index in [4.69, 9.17) is 5.73 Å². The van der Waals surface area contributed by atoms with Crippen LogP contribution in [0.5, 0.6) is 0 Å². The quantitative estimate of drug-likeness (QED) is 0.401. The zero-order valence-corrected chi connectivity index (χ0v) is 19.2. The summed E-state index contributed by atoms with van der Waals surface area (Å²) in [4.78, 5) is 41.8. The van der Waals surface area contributed by atoms with Crippen molar-refractivity contribution in [3.05, 3.63) is 92.4 Å². The molecule has 0 saturated heterocycles. The first-order valence-corrected chi connectivity index (χ1v) is 11.3. The molecular formula is C25H30FN5O3. The first kappa shape index (κ1) is 24.8. The predicted octanol–water partition coefficient (Wildman–Crippen LogP) is 2.42. The minimum absolute atomic E-state index is 0.0391. The average Bonchev–Trinajstić information content (AvgIpc) is 2.80. The highest BCUT2D eigenvalue weighted by atomic mass is 19.1. The second-order valence-electron chi connectivity index (χ2n) is 8.07. The van der Waals surface area contributed by atoms with E-state index in [0.29, 0.717) is 19.5 Å². The number of hydrogen-bond acceptors (Lipinski definition) is 5. The summed E-state index contributed by atoms with van der Waals surface area (Å²) in [5.74, 6) is -0.576. The maximum atomic E-state index is 13.1. The van der Waals surface area contributed by atoms with E-state index in [2.05, 4.69) is 10.3 Å². The van der Waals surface area contributed by atoms with E-state index in [-0.39, 0.29) is 36.3 Å². The van der Waals surface area contributed by atoms with Crippen molar-refractivity contribution >= 4 is 17.4 Å². The van der Waals surface area contributed by atoms with Gasteiger partial charge in [0.15, 0.2) is 0 Å². The van der Waals surface area contributed by atoms with Crippen LogP contribution in [0.3, 0.4) is 0 Å². The molecule has 0 saturated carbocycles. The number of nitrogens with zero attached hydrogens (tertiary/aromatic N) is 2. The molecule has 4 N–H and O–H groups in total. The van der Waals surface area contributed by atoms with Gasteiger partial charge in [-0.3, -0.25) is 19.1 Å². The molecule has 34 heavy (non-hydrogen) atoms. The number of nitrogens with two attached hydrogens (primary N) is 1. The summed E-state index contributed by atoms with van der Waals surface area (Å²) in [6.45, 7) is 2.84. The van der Waals surface area contributed by atoms with Crippen LogP contribution < -0.4 is 27.2 Å². The Balaban J connectivity index is 1.81. The van der Waals surface area contributed by atoms with Crippen LogP contribution in [0.15, 0.2) is 64.2 Å². The van der Waals surface area contributed by atoms with Crippen molar-refractivity contribution in [2.45, 2.75) is 39.3 Å². The smallest absolute Gasteiger partial charge is 0.330 e. The highest BCUT2D eigenvalue weighted by Crippen LogP contribution is 2.19. The van der Waals surface area contributed by atoms with Gasteiger partial charge in [-0.2, -0.15) is 0 Å². The van der Waals surface area contributed by atoms with Gasteiger partial charge in [-0.1, -0.05) is 55.8 Å². The molecule has 9 heteroatoms. The number of unbranched alkanes of at least 4 members (excludes halogenated alkanes) is 1. The fraction of sp³-hybridized carbons (Fsp3) is 0.320. The lowest BCUT2D eigenvalue weighted by Gasteiger charge is -2.26. The number of aromatic amines is 1. The van der Waals surface area contributed by atoms with Crippen LogP contribution >= 0.6 is 0 Å². The van der Waals surface area contributed by atoms with Gasteiger partial charge in [0.2, 0.25) is 5.91 Å². The van der Waals surface area contributed by atoms with Gasteiger partial charge in [0.25, 0.3) is 5.56 Å². The predicted molar refractivity (Wildman–Crippen MR) is 131 cm³/mol. The Labute approximate surface area is 197 Å². The molecule has 0 atom stereocenters. The third kappa shape index (κ3) is 6.57. The normalized spacial score (nSPS) is 10.8. The molecule has 2 aromatic carbocycles. The molecule has 0 bridgehead atoms. The second kappa shape index (κ2) is 11.8. The van der Waals surface area contributed by atoms with Crippen LogP contribution in [0.2, 0.25) is 0 Å². The third-order valence-corrected chi connectivity index (χ3v) is 5.47. The fourth-order valence-electron chi connectivity index (χ4n) is 3.67. The molecule has 3 aromatic rings. The minimum atomic E-state index is -0.634. The Kier molecular flexibility index (Phi) is 8.61. The maximum Gasteiger partial charge on any atom is 0.330 e. The van der Waals surface area contributed by atoms with Gasteiger partial charge in [0.1, 0.15) is 17.3 Å². The monoisotopic (exact) mass is 467 g/mol. The van der Waals surface area contributed by atoms with E-state index < -0.39 is 11.2 Å². The van der Waals surface area contributed by atoms with Gasteiger partial charge in [-0.25, -0.2) is 9.18 Å². The fourth-order valence-corrected chi connectivity index (χ4v) is 3.67. The van der Waals surface area contributed by atoms with Crippen LogP contribution in [-0.2, 0) is 24.3 Å². The zero-order chi connectivity index (χ0) is 24.5. The molecule has 8 nitrogen and oxygen atoms in total. The molecular weight excluding hydrogens is 437 g/mol. The second-order valence-corrected chi connectivity index (χ2v) is 8.07. The van der Waals surface area contributed by atoms with Crippen molar-refractivity contribution in [1.29, 1.82) is 0 Å². The Morgan fingerprint density at radius 2 is 1.79 bits per heavy atom. The van der Waals surface area contributed by atoms with Gasteiger partial charge >= 0.3 is 5.69 Å². The Morgan fingerprint density at radius 1 is 1.09 bits per heavy atom. The summed E-state index contributed by atoms with van der Waals surface area (Å²) in [5, 5.41) is 2.84. The third-order valence-electron chi connectivity index (χ3n) is 5.47. The molecule has 0 unspecified atom stereocenters. The van der Waals surface area contributed by atoms with E-state index in [1.165, 1.54) is 16.7 Å². The van der Waals surface area contributed by atoms with Gasteiger partial charge in [-0.15, -0.1) is 0 Å². The number of benzene rings is 2. The maximum absolute atomic E-state index is 13.1. The van der Waals surface area contributed by atoms with Crippen LogP contribution in [0, 0.1) is 5.82 Å². The summed E-state index contributed by atoms with van der Waals surface area (Å²) >= 11 is 0. The minimum Gasteiger partial charge on any atom is -0.383 e. The lowest BCUT2D eigenvalue weighted by Crippen LogP contribution is -2.43. The molecule has 3 rings (SSSR count). The first-order valence-electron chi connectivity index (χ1n) is 11.3. The average molecular weight is 468 g/mol. The number of anilines is 2. The standard InChI is InChI=1S/C25H30FN5O3/c1-2-3-15-31-23(27)22(24(33)29-25(31)34)30(16-19-7-5-4-6-8-19)17-21(32)28-14-13-18-9-11-20(26)12-10-18/h4-12H,2-3,13-17,27H2,1H3,(H,28,32)(H,29,33,34). The van der Waals surface area contributed by atoms with Crippen molar-refractivity contribution < 1.29 is 9.18 Å². The molecule has 0 spiro atoms. The van der Waals surface area contributed by atoms with Crippen LogP contribution in [-0.4, -0.2) is 28.5 Å². The van der Waals surface area contributed by atoms with Gasteiger partial charge in [0.05, 0.1) is 6.54 Å². The Morgan fingerprint density at radius 3 is 2.47 bits per heavy atom. The number of carbonyl (C=O) groups is 1. The van der Waals surface area contributed by atoms with Crippen molar-refractivity contribution in [2.24, 2.45) is 0 Å². The molecule has 0 aliphatic carbocycles. The van der Waals surface area contributed by atoms with E-state index >= 15 is 0 Å². The van der Waals surface area contributed by atoms with E-state index in [0.717, 1.165) is 24.0 Å². The van der Waals surface area contributed by atoms with Gasteiger partial charge < -0.3 is 16.0 Å². The van der Waals surface area contributed by atoms with Gasteiger partial charge in [-0.05, 0) is 36.1 Å². The number of nitrogens with one attached hydrogen (secondary N) is 2. The van der Waals surface area contributed by atoms with Crippen molar-refractivity contribution in [3.63, 3.8) is 0 Å². The number of nitrogen functional groups attached to an aromatic ring is 1. The lowest BCUT2D eigenvalue weighted by atomic mass is 10.1. The summed E-state index contributed by atoms with van der Waals surface area (Å²) in [5.41, 5.74) is 6.95. The first-order chi connectivity index (χ1) is 16.4. The Hall–Kier alpha value is -3.88. The zero-order valence-electron chi connectivity index (χ0n) is 19.2. The number of H-pyrrole nitrogens is 1. The van der Waals surface area contributed by atoms with E-state index in [1.807, 2.05) is 37.3 Å². The topological polar surface area (TPSA) is 113 Å². The van der Waals surface area contributed by atoms with Crippen LogP contribution in [0.4, 0.5) is 15.9 Å². The van der Waals surface area contributed by atoms with Crippen molar-refractivity contribution in [1.82, 2.24) is 14.9 Å². The molecule has 0 aliphatic rings. The number of amides is 1. The van der Waals surface area contributed by atoms with Gasteiger partial charge in [0, 0.05) is 19.6 Å². The number of carbonyl (C=O) groups excluding carboxylic acids is 1. The summed E-state index contributed by atoms with van der Waals surface area (Å²) in [7, 11) is 0. The molecule has 0 radical (unpaired) electrons. The van der Waals surface area contributed by atoms with Crippen LogP contribution in [0.1, 0.15) is 30.9 Å². The molecule has 0 aliphatic heterocycles. The van der Waals surface area contributed by atoms with E-state index in [9.17, 15) is 18.8 Å². The summed E-state index contributed by atoms with van der Waals surface area (Å²) < 4.78 is 14.4. The summed E-state index contributed by atoms with van der Waals surface area (Å²) in [6.07, 6.45) is 2.11. The molecule has 180 valence electrons. The molecule has 1 heterocycles. The molecule has 0 fully saturated rings. The van der Waals surface area contributed by atoms with Crippen LogP contribution in [0.25, 0.3) is 0 Å². The SMILES string of the molecule is CCCCn1c(N)c(N(CC(=O)NCCc2ccc(F)cc2)Cc2ccccc2)c(=O)[nH]c1=O. The number of hydrogen-bond donors (Lipinski definition) is 3. The van der Waals surface area contributed by atoms with Crippen molar-refractivity contribution in [2.75, 3.05) is 23.7 Å². The van der Waals surface area contributed by atoms with E-state index in [1.54, 1.807) is 17.0 Å². The molecule has 1 amide bonds. The lowest BCUT2D eigenvalue weighted by molar-refractivity contribution is -0.119. The highest BCUT2D eigenvalue weighted by Gasteiger charge is 2.21. The Bertz CT molecular complexity index is 1210. The summed E-state index contributed by atoms with van der Waals surface area (Å²) in [6, 6.07) is 15.5. The number of aromatic nitrogens is 2.